The molecular formula is C17H15FN4O3S2. The normalized spacial score (nSPS) is 12.1. The number of carbonyl (C=O) groups excluding carboxylic acids is 1. The molecule has 27 heavy (non-hydrogen) atoms. The zero-order chi connectivity index (χ0) is 19.7. The number of fused-ring (bicyclic) bond motifs is 1. The molecule has 0 radical (unpaired) electrons. The van der Waals surface area contributed by atoms with Gasteiger partial charge in [-0.05, 0) is 38.5 Å². The molecule has 140 valence electrons. The van der Waals surface area contributed by atoms with Crippen LogP contribution in [0.4, 0.5) is 15.8 Å². The van der Waals surface area contributed by atoms with Crippen LogP contribution in [0.3, 0.4) is 0 Å². The number of hydrogen-bond acceptors (Lipinski definition) is 7. The first kappa shape index (κ1) is 19.2. The average molecular weight is 406 g/mol. The maximum atomic E-state index is 13.4. The molecule has 1 amide bonds. The predicted octanol–water partition coefficient (Wildman–Crippen LogP) is 4.47. The van der Waals surface area contributed by atoms with E-state index in [2.05, 4.69) is 15.3 Å². The molecule has 3 rings (SSSR count). The Morgan fingerprint density at radius 3 is 2.81 bits per heavy atom. The molecule has 2 aromatic heterocycles. The molecule has 0 spiro atoms. The number of nitro groups is 1. The van der Waals surface area contributed by atoms with Gasteiger partial charge in [-0.1, -0.05) is 11.8 Å². The minimum Gasteiger partial charge on any atom is -0.325 e. The van der Waals surface area contributed by atoms with E-state index in [0.717, 1.165) is 32.8 Å². The number of nitrogens with one attached hydrogen (secondary N) is 1. The number of aromatic nitrogens is 2. The van der Waals surface area contributed by atoms with Crippen molar-refractivity contribution < 1.29 is 14.1 Å². The van der Waals surface area contributed by atoms with Crippen molar-refractivity contribution in [2.24, 2.45) is 0 Å². The molecule has 1 N–H and O–H groups in total. The van der Waals surface area contributed by atoms with Gasteiger partial charge in [0.05, 0.1) is 10.2 Å². The van der Waals surface area contributed by atoms with Gasteiger partial charge in [0.15, 0.2) is 0 Å². The summed E-state index contributed by atoms with van der Waals surface area (Å²) >= 11 is 2.85. The largest absolute Gasteiger partial charge is 0.325 e. The van der Waals surface area contributed by atoms with Gasteiger partial charge in [-0.2, -0.15) is 4.39 Å². The first-order valence-corrected chi connectivity index (χ1v) is 9.59. The molecule has 2 heterocycles. The van der Waals surface area contributed by atoms with Crippen molar-refractivity contribution in [3.05, 3.63) is 50.9 Å². The molecule has 0 saturated carbocycles. The molecule has 7 nitrogen and oxygen atoms in total. The second-order valence-electron chi connectivity index (χ2n) is 5.81. The summed E-state index contributed by atoms with van der Waals surface area (Å²) in [5.74, 6) is -1.32. The fourth-order valence-corrected chi connectivity index (χ4v) is 4.47. The molecular weight excluding hydrogens is 391 g/mol. The van der Waals surface area contributed by atoms with Crippen LogP contribution in [0, 0.1) is 29.8 Å². The molecule has 0 fully saturated rings. The summed E-state index contributed by atoms with van der Waals surface area (Å²) in [6, 6.07) is 3.24. The van der Waals surface area contributed by atoms with E-state index in [9.17, 15) is 19.3 Å². The summed E-state index contributed by atoms with van der Waals surface area (Å²) in [7, 11) is 0. The number of benzene rings is 1. The Labute approximate surface area is 162 Å². The smallest absolute Gasteiger partial charge is 0.306 e. The van der Waals surface area contributed by atoms with Crippen molar-refractivity contribution >= 4 is 50.6 Å². The number of rotatable bonds is 5. The lowest BCUT2D eigenvalue weighted by molar-refractivity contribution is -0.387. The summed E-state index contributed by atoms with van der Waals surface area (Å²) in [5.41, 5.74) is 0.561. The maximum Gasteiger partial charge on any atom is 0.306 e. The Bertz CT molecular complexity index is 1050. The molecule has 0 saturated heterocycles. The summed E-state index contributed by atoms with van der Waals surface area (Å²) in [6.07, 6.45) is 1.47. The van der Waals surface area contributed by atoms with Crippen LogP contribution in [0.25, 0.3) is 10.2 Å². The first-order valence-electron chi connectivity index (χ1n) is 7.90. The van der Waals surface area contributed by atoms with Gasteiger partial charge in [-0.3, -0.25) is 14.9 Å². The molecule has 0 aliphatic heterocycles. The third kappa shape index (κ3) is 3.91. The Morgan fingerprint density at radius 1 is 1.37 bits per heavy atom. The van der Waals surface area contributed by atoms with Crippen LogP contribution in [0.5, 0.6) is 0 Å². The quantitative estimate of drug-likeness (QED) is 0.290. The van der Waals surface area contributed by atoms with Crippen LogP contribution < -0.4 is 5.32 Å². The van der Waals surface area contributed by atoms with Gasteiger partial charge in [-0.15, -0.1) is 11.3 Å². The maximum absolute atomic E-state index is 13.4. The Morgan fingerprint density at radius 2 is 2.11 bits per heavy atom. The highest BCUT2D eigenvalue weighted by atomic mass is 32.2. The van der Waals surface area contributed by atoms with Crippen LogP contribution >= 0.6 is 23.1 Å². The molecule has 10 heteroatoms. The summed E-state index contributed by atoms with van der Waals surface area (Å²) in [4.78, 5) is 33.0. The molecule has 3 aromatic rings. The van der Waals surface area contributed by atoms with Gasteiger partial charge in [0.1, 0.15) is 16.2 Å². The van der Waals surface area contributed by atoms with E-state index >= 15 is 0 Å². The van der Waals surface area contributed by atoms with E-state index < -0.39 is 21.7 Å². The van der Waals surface area contributed by atoms with E-state index in [4.69, 9.17) is 0 Å². The summed E-state index contributed by atoms with van der Waals surface area (Å²) < 4.78 is 13.4. The van der Waals surface area contributed by atoms with Crippen molar-refractivity contribution in [2.45, 2.75) is 31.0 Å². The van der Waals surface area contributed by atoms with Crippen LogP contribution in [-0.2, 0) is 4.79 Å². The topological polar surface area (TPSA) is 98.0 Å². The highest BCUT2D eigenvalue weighted by Gasteiger charge is 2.21. The highest BCUT2D eigenvalue weighted by molar-refractivity contribution is 8.00. The van der Waals surface area contributed by atoms with Crippen molar-refractivity contribution in [3.8, 4) is 0 Å². The number of thiophene rings is 1. The van der Waals surface area contributed by atoms with E-state index in [-0.39, 0.29) is 11.6 Å². The number of carbonyl (C=O) groups is 1. The van der Waals surface area contributed by atoms with Crippen LogP contribution in [0.2, 0.25) is 0 Å². The van der Waals surface area contributed by atoms with E-state index in [1.807, 2.05) is 13.8 Å². The third-order valence-electron chi connectivity index (χ3n) is 4.00. The van der Waals surface area contributed by atoms with Crippen molar-refractivity contribution in [3.63, 3.8) is 0 Å². The van der Waals surface area contributed by atoms with Gasteiger partial charge in [0.2, 0.25) is 11.7 Å². The van der Waals surface area contributed by atoms with Crippen molar-refractivity contribution in [2.75, 3.05) is 5.32 Å². The zero-order valence-corrected chi connectivity index (χ0v) is 16.3. The molecule has 1 atom stereocenters. The van der Waals surface area contributed by atoms with E-state index in [1.54, 1.807) is 18.3 Å². The lowest BCUT2D eigenvalue weighted by Crippen LogP contribution is -2.22. The minimum atomic E-state index is -0.952. The average Bonchev–Trinajstić information content (AvgIpc) is 2.91. The Balaban J connectivity index is 1.79. The van der Waals surface area contributed by atoms with E-state index in [0.29, 0.717) is 5.03 Å². The van der Waals surface area contributed by atoms with Crippen molar-refractivity contribution in [1.29, 1.82) is 0 Å². The molecule has 0 aliphatic carbocycles. The Hall–Kier alpha value is -2.59. The van der Waals surface area contributed by atoms with Crippen LogP contribution in [0.15, 0.2) is 29.6 Å². The van der Waals surface area contributed by atoms with Gasteiger partial charge >= 0.3 is 5.69 Å². The fourth-order valence-electron chi connectivity index (χ4n) is 2.43. The van der Waals surface area contributed by atoms with Gasteiger partial charge in [-0.25, -0.2) is 9.97 Å². The minimum absolute atomic E-state index is 0.163. The lowest BCUT2D eigenvalue weighted by atomic mass is 10.2. The van der Waals surface area contributed by atoms with Crippen LogP contribution in [-0.4, -0.2) is 26.0 Å². The summed E-state index contributed by atoms with van der Waals surface area (Å²) in [5, 5.41) is 14.5. The number of nitro benzene ring substituents is 1. The number of aryl methyl sites for hydroxylation is 2. The Kier molecular flexibility index (Phi) is 5.38. The number of thioether (sulfide) groups is 1. The first-order chi connectivity index (χ1) is 12.8. The molecule has 0 aliphatic rings. The third-order valence-corrected chi connectivity index (χ3v) is 6.21. The monoisotopic (exact) mass is 406 g/mol. The van der Waals surface area contributed by atoms with Gasteiger partial charge < -0.3 is 5.32 Å². The summed E-state index contributed by atoms with van der Waals surface area (Å²) in [6.45, 7) is 5.71. The van der Waals surface area contributed by atoms with E-state index in [1.165, 1.54) is 24.2 Å². The predicted molar refractivity (Wildman–Crippen MR) is 104 cm³/mol. The standard InChI is InChI=1S/C17H15FN4O3S2/c1-8-9(2)26-16-14(8)17(20-7-19-16)27-10(3)15(23)21-11-4-5-12(18)13(6-11)22(24)25/h4-7,10H,1-3H3,(H,21,23)/t10-/m0/s1. The SMILES string of the molecule is Cc1sc2ncnc(S[C@@H](C)C(=O)Nc3ccc(F)c([N+](=O)[O-])c3)c2c1C. The lowest BCUT2D eigenvalue weighted by Gasteiger charge is -2.12. The number of amides is 1. The van der Waals surface area contributed by atoms with Gasteiger partial charge in [0, 0.05) is 22.0 Å². The number of halogens is 1. The van der Waals surface area contributed by atoms with Crippen molar-refractivity contribution in [1.82, 2.24) is 9.97 Å². The number of anilines is 1. The number of nitrogens with zero attached hydrogens (tertiary/aromatic N) is 3. The second-order valence-corrected chi connectivity index (χ2v) is 8.35. The number of hydrogen-bond donors (Lipinski definition) is 1. The fraction of sp³-hybridized carbons (Fsp3) is 0.235. The molecule has 1 aromatic carbocycles. The zero-order valence-electron chi connectivity index (χ0n) is 14.6. The van der Waals surface area contributed by atoms with Crippen LogP contribution in [0.1, 0.15) is 17.4 Å². The molecule has 0 unspecified atom stereocenters. The highest BCUT2D eigenvalue weighted by Crippen LogP contribution is 2.36. The second kappa shape index (κ2) is 7.57. The van der Waals surface area contributed by atoms with Gasteiger partial charge in [0.25, 0.3) is 0 Å². The molecule has 0 bridgehead atoms.